The van der Waals surface area contributed by atoms with Crippen LogP contribution in [0.4, 0.5) is 0 Å². The highest BCUT2D eigenvalue weighted by molar-refractivity contribution is 7.98. The first-order valence-corrected chi connectivity index (χ1v) is 12.0. The molecule has 1 amide bonds. The molecule has 166 valence electrons. The first kappa shape index (κ1) is 22.5. The van der Waals surface area contributed by atoms with Gasteiger partial charge in [0.2, 0.25) is 0 Å². The zero-order valence-electron chi connectivity index (χ0n) is 18.5. The van der Waals surface area contributed by atoms with E-state index in [-0.39, 0.29) is 11.9 Å². The molecule has 0 bridgehead atoms. The van der Waals surface area contributed by atoms with E-state index >= 15 is 0 Å². The normalized spacial score (nSPS) is 15.9. The van der Waals surface area contributed by atoms with Crippen molar-refractivity contribution in [3.8, 4) is 0 Å². The molecule has 0 aliphatic carbocycles. The van der Waals surface area contributed by atoms with Crippen LogP contribution in [0.2, 0.25) is 0 Å². The maximum absolute atomic E-state index is 13.1. The monoisotopic (exact) mass is 446 g/mol. The van der Waals surface area contributed by atoms with E-state index in [0.29, 0.717) is 5.56 Å². The number of piperazine rings is 1. The third kappa shape index (κ3) is 6.42. The summed E-state index contributed by atoms with van der Waals surface area (Å²) in [6.07, 6.45) is 3.67. The fraction of sp³-hybridized carbons (Fsp3) is 0.308. The molecule has 0 spiro atoms. The third-order valence-electron chi connectivity index (χ3n) is 5.79. The van der Waals surface area contributed by atoms with E-state index in [1.165, 1.54) is 5.56 Å². The SMILES string of the molecule is CN1CCN(CC(NC(=O)c2ccc(SCc3cccnc3)cc2)c2ccccc2)CC1. The van der Waals surface area contributed by atoms with Gasteiger partial charge in [-0.25, -0.2) is 0 Å². The molecule has 0 radical (unpaired) electrons. The molecule has 2 aromatic carbocycles. The number of thioether (sulfide) groups is 1. The van der Waals surface area contributed by atoms with Crippen LogP contribution in [0.25, 0.3) is 0 Å². The molecule has 3 aromatic rings. The number of pyridine rings is 1. The average Bonchev–Trinajstić information content (AvgIpc) is 2.85. The van der Waals surface area contributed by atoms with Gasteiger partial charge in [-0.3, -0.25) is 14.7 Å². The van der Waals surface area contributed by atoms with Crippen molar-refractivity contribution in [3.05, 3.63) is 95.8 Å². The number of likely N-dealkylation sites (N-methyl/N-ethyl adjacent to an activating group) is 1. The minimum Gasteiger partial charge on any atom is -0.344 e. The fourth-order valence-corrected chi connectivity index (χ4v) is 4.64. The minimum atomic E-state index is -0.0354. The lowest BCUT2D eigenvalue weighted by molar-refractivity contribution is 0.0907. The Morgan fingerprint density at radius 1 is 1.00 bits per heavy atom. The van der Waals surface area contributed by atoms with Crippen molar-refractivity contribution >= 4 is 17.7 Å². The Morgan fingerprint density at radius 3 is 2.44 bits per heavy atom. The molecule has 1 atom stereocenters. The second-order valence-corrected chi connectivity index (χ2v) is 9.26. The summed E-state index contributed by atoms with van der Waals surface area (Å²) in [4.78, 5) is 23.1. The molecule has 1 unspecified atom stereocenters. The molecule has 0 saturated carbocycles. The quantitative estimate of drug-likeness (QED) is 0.528. The van der Waals surface area contributed by atoms with Crippen molar-refractivity contribution in [2.45, 2.75) is 16.7 Å². The van der Waals surface area contributed by atoms with Crippen molar-refractivity contribution in [2.75, 3.05) is 39.8 Å². The van der Waals surface area contributed by atoms with Gasteiger partial charge in [0.1, 0.15) is 0 Å². The lowest BCUT2D eigenvalue weighted by Crippen LogP contribution is -2.47. The summed E-state index contributed by atoms with van der Waals surface area (Å²) in [6.45, 7) is 5.00. The van der Waals surface area contributed by atoms with Crippen molar-refractivity contribution in [3.63, 3.8) is 0 Å². The molecule has 1 saturated heterocycles. The van der Waals surface area contributed by atoms with E-state index < -0.39 is 0 Å². The van der Waals surface area contributed by atoms with Crippen LogP contribution in [0.5, 0.6) is 0 Å². The summed E-state index contributed by atoms with van der Waals surface area (Å²) in [5, 5.41) is 3.28. The number of nitrogens with zero attached hydrogens (tertiary/aromatic N) is 3. The van der Waals surface area contributed by atoms with Gasteiger partial charge in [0.25, 0.3) is 5.91 Å². The molecule has 1 aliphatic rings. The average molecular weight is 447 g/mol. The van der Waals surface area contributed by atoms with Gasteiger partial charge in [0.15, 0.2) is 0 Å². The highest BCUT2D eigenvalue weighted by atomic mass is 32.2. The van der Waals surface area contributed by atoms with Gasteiger partial charge < -0.3 is 10.2 Å². The summed E-state index contributed by atoms with van der Waals surface area (Å²) < 4.78 is 0. The van der Waals surface area contributed by atoms with Crippen LogP contribution in [-0.4, -0.2) is 60.5 Å². The van der Waals surface area contributed by atoms with Crippen molar-refractivity contribution in [1.29, 1.82) is 0 Å². The summed E-state index contributed by atoms with van der Waals surface area (Å²) in [5.41, 5.74) is 3.02. The summed E-state index contributed by atoms with van der Waals surface area (Å²) in [7, 11) is 2.16. The highest BCUT2D eigenvalue weighted by Crippen LogP contribution is 2.23. The standard InChI is InChI=1S/C26H30N4OS/c1-29-14-16-30(17-15-29)19-25(22-7-3-2-4-8-22)28-26(31)23-9-11-24(12-10-23)32-20-21-6-5-13-27-18-21/h2-13,18,25H,14-17,19-20H2,1H3,(H,28,31). The van der Waals surface area contributed by atoms with Crippen LogP contribution in [-0.2, 0) is 5.75 Å². The van der Waals surface area contributed by atoms with Crippen LogP contribution < -0.4 is 5.32 Å². The van der Waals surface area contributed by atoms with Gasteiger partial charge in [0, 0.05) is 61.3 Å². The van der Waals surface area contributed by atoms with Crippen LogP contribution in [0, 0.1) is 0 Å². The van der Waals surface area contributed by atoms with E-state index in [1.807, 2.05) is 54.7 Å². The Kier molecular flexibility index (Phi) is 7.93. The number of hydrogen-bond acceptors (Lipinski definition) is 5. The third-order valence-corrected chi connectivity index (χ3v) is 6.87. The predicted octanol–water partition coefficient (Wildman–Crippen LogP) is 4.09. The lowest BCUT2D eigenvalue weighted by Gasteiger charge is -2.35. The van der Waals surface area contributed by atoms with Crippen LogP contribution >= 0.6 is 11.8 Å². The smallest absolute Gasteiger partial charge is 0.251 e. The molecule has 1 fully saturated rings. The first-order chi connectivity index (χ1) is 15.7. The van der Waals surface area contributed by atoms with E-state index in [2.05, 4.69) is 45.3 Å². The van der Waals surface area contributed by atoms with Gasteiger partial charge in [-0.15, -0.1) is 11.8 Å². The maximum Gasteiger partial charge on any atom is 0.251 e. The molecule has 1 aliphatic heterocycles. The van der Waals surface area contributed by atoms with Gasteiger partial charge in [-0.2, -0.15) is 0 Å². The Hall–Kier alpha value is -2.67. The number of aromatic nitrogens is 1. The molecule has 4 rings (SSSR count). The number of rotatable bonds is 8. The number of carbonyl (C=O) groups excluding carboxylic acids is 1. The van der Waals surface area contributed by atoms with Crippen LogP contribution in [0.1, 0.15) is 27.5 Å². The Morgan fingerprint density at radius 2 is 1.75 bits per heavy atom. The first-order valence-electron chi connectivity index (χ1n) is 11.1. The molecule has 32 heavy (non-hydrogen) atoms. The van der Waals surface area contributed by atoms with Gasteiger partial charge in [-0.1, -0.05) is 36.4 Å². The molecule has 1 aromatic heterocycles. The Labute approximate surface area is 194 Å². The Bertz CT molecular complexity index is 974. The van der Waals surface area contributed by atoms with Crippen LogP contribution in [0.3, 0.4) is 0 Å². The molecular weight excluding hydrogens is 416 g/mol. The molecule has 2 heterocycles. The van der Waals surface area contributed by atoms with E-state index in [1.54, 1.807) is 18.0 Å². The lowest BCUT2D eigenvalue weighted by atomic mass is 10.0. The molecule has 6 heteroatoms. The zero-order chi connectivity index (χ0) is 22.2. The minimum absolute atomic E-state index is 0.0308. The van der Waals surface area contributed by atoms with Crippen molar-refractivity contribution in [1.82, 2.24) is 20.1 Å². The number of nitrogens with one attached hydrogen (secondary N) is 1. The topological polar surface area (TPSA) is 48.5 Å². The van der Waals surface area contributed by atoms with Gasteiger partial charge in [-0.05, 0) is 48.5 Å². The predicted molar refractivity (Wildman–Crippen MR) is 131 cm³/mol. The molecule has 1 N–H and O–H groups in total. The second-order valence-electron chi connectivity index (χ2n) is 8.21. The number of carbonyl (C=O) groups is 1. The second kappa shape index (κ2) is 11.3. The van der Waals surface area contributed by atoms with Crippen molar-refractivity contribution in [2.24, 2.45) is 0 Å². The number of benzene rings is 2. The molecule has 5 nitrogen and oxygen atoms in total. The van der Waals surface area contributed by atoms with Crippen LogP contribution in [0.15, 0.2) is 84.0 Å². The van der Waals surface area contributed by atoms with E-state index in [4.69, 9.17) is 0 Å². The zero-order valence-corrected chi connectivity index (χ0v) is 19.3. The van der Waals surface area contributed by atoms with E-state index in [0.717, 1.165) is 48.9 Å². The summed E-state index contributed by atoms with van der Waals surface area (Å²) >= 11 is 1.75. The summed E-state index contributed by atoms with van der Waals surface area (Å²) in [5.74, 6) is 0.831. The number of hydrogen-bond donors (Lipinski definition) is 1. The van der Waals surface area contributed by atoms with Crippen molar-refractivity contribution < 1.29 is 4.79 Å². The highest BCUT2D eigenvalue weighted by Gasteiger charge is 2.21. The maximum atomic E-state index is 13.1. The van der Waals surface area contributed by atoms with Gasteiger partial charge >= 0.3 is 0 Å². The van der Waals surface area contributed by atoms with E-state index in [9.17, 15) is 4.79 Å². The fourth-order valence-electron chi connectivity index (χ4n) is 3.80. The summed E-state index contributed by atoms with van der Waals surface area (Å²) in [6, 6.07) is 22.1. The largest absolute Gasteiger partial charge is 0.344 e. The van der Waals surface area contributed by atoms with Gasteiger partial charge in [0.05, 0.1) is 6.04 Å². The number of amides is 1. The Balaban J connectivity index is 1.38. The molecular formula is C26H30N4OS.